The molecule has 0 heteroatoms. The van der Waals surface area contributed by atoms with Gasteiger partial charge in [-0.25, -0.2) is 0 Å². The van der Waals surface area contributed by atoms with Gasteiger partial charge >= 0.3 is 0 Å². The van der Waals surface area contributed by atoms with Crippen LogP contribution >= 0.6 is 0 Å². The van der Waals surface area contributed by atoms with Crippen molar-refractivity contribution in [2.45, 2.75) is 47.0 Å². The second-order valence-electron chi connectivity index (χ2n) is 8.28. The summed E-state index contributed by atoms with van der Waals surface area (Å²) in [6, 6.07) is 31.5. The molecule has 156 valence electrons. The molecule has 0 atom stereocenters. The molecule has 0 amide bonds. The molecule has 0 radical (unpaired) electrons. The molecule has 0 fully saturated rings. The molecule has 1 aliphatic rings. The standard InChI is InChI=1S/C27H20.2C2H6/c1-27(2)25-16-21-14-19-9-4-3-8-18(19)13-20(21)15-24(25)23-12-11-17-7-5-6-10-22(17)26(23)27;2*1-2/h3-16H,1-2H3;2*1-2H3. The van der Waals surface area contributed by atoms with E-state index >= 15 is 0 Å². The minimum absolute atomic E-state index is 0.00532. The third-order valence-electron chi connectivity index (χ3n) is 6.36. The van der Waals surface area contributed by atoms with E-state index < -0.39 is 0 Å². The van der Waals surface area contributed by atoms with Crippen molar-refractivity contribution < 1.29 is 0 Å². The van der Waals surface area contributed by atoms with Crippen molar-refractivity contribution in [3.8, 4) is 11.1 Å². The number of fused-ring (bicyclic) bond motifs is 7. The van der Waals surface area contributed by atoms with E-state index in [9.17, 15) is 0 Å². The van der Waals surface area contributed by atoms with Gasteiger partial charge in [-0.15, -0.1) is 0 Å². The maximum Gasteiger partial charge on any atom is 0.0165 e. The largest absolute Gasteiger partial charge is 0.0683 e. The van der Waals surface area contributed by atoms with E-state index in [2.05, 4.69) is 98.8 Å². The van der Waals surface area contributed by atoms with Crippen molar-refractivity contribution in [3.05, 3.63) is 96.1 Å². The zero-order valence-electron chi connectivity index (χ0n) is 19.6. The van der Waals surface area contributed by atoms with Crippen molar-refractivity contribution in [2.24, 2.45) is 0 Å². The summed E-state index contributed by atoms with van der Waals surface area (Å²) in [6.07, 6.45) is 0. The first-order chi connectivity index (χ1) is 15.1. The van der Waals surface area contributed by atoms with E-state index in [0.717, 1.165) is 0 Å². The molecule has 1 aliphatic carbocycles. The van der Waals surface area contributed by atoms with Crippen LogP contribution in [-0.2, 0) is 5.41 Å². The maximum absolute atomic E-state index is 2.42. The minimum Gasteiger partial charge on any atom is -0.0683 e. The lowest BCUT2D eigenvalue weighted by atomic mass is 9.80. The highest BCUT2D eigenvalue weighted by Gasteiger charge is 2.37. The molecule has 0 aliphatic heterocycles. The second-order valence-corrected chi connectivity index (χ2v) is 8.28. The predicted molar refractivity (Wildman–Crippen MR) is 139 cm³/mol. The number of rotatable bonds is 0. The molecule has 6 rings (SSSR count). The number of hydrogen-bond donors (Lipinski definition) is 0. The molecular formula is C31H32. The van der Waals surface area contributed by atoms with Crippen LogP contribution in [0.2, 0.25) is 0 Å². The van der Waals surface area contributed by atoms with Crippen molar-refractivity contribution in [1.29, 1.82) is 0 Å². The summed E-state index contributed by atoms with van der Waals surface area (Å²) in [6.45, 7) is 12.7. The summed E-state index contributed by atoms with van der Waals surface area (Å²) in [5.74, 6) is 0. The van der Waals surface area contributed by atoms with Crippen LogP contribution in [0.15, 0.2) is 84.9 Å². The molecule has 0 heterocycles. The van der Waals surface area contributed by atoms with Gasteiger partial charge in [0.25, 0.3) is 0 Å². The Bertz CT molecular complexity index is 1390. The molecule has 0 aromatic heterocycles. The van der Waals surface area contributed by atoms with Gasteiger partial charge in [-0.1, -0.05) is 102 Å². The fourth-order valence-electron chi connectivity index (χ4n) is 5.04. The summed E-state index contributed by atoms with van der Waals surface area (Å²) in [5, 5.41) is 7.98. The van der Waals surface area contributed by atoms with E-state index in [0.29, 0.717) is 0 Å². The molecule has 31 heavy (non-hydrogen) atoms. The van der Waals surface area contributed by atoms with E-state index in [4.69, 9.17) is 0 Å². The van der Waals surface area contributed by atoms with Crippen LogP contribution in [0.3, 0.4) is 0 Å². The second kappa shape index (κ2) is 8.19. The average molecular weight is 405 g/mol. The predicted octanol–water partition coefficient (Wildman–Crippen LogP) is 9.50. The molecule has 0 nitrogen and oxygen atoms in total. The zero-order valence-corrected chi connectivity index (χ0v) is 19.6. The quantitative estimate of drug-likeness (QED) is 0.225. The van der Waals surface area contributed by atoms with Crippen LogP contribution in [-0.4, -0.2) is 0 Å². The topological polar surface area (TPSA) is 0 Å². The SMILES string of the molecule is CC.CC.CC1(C)c2cc3cc4ccccc4cc3cc2-c2ccc3ccccc3c21. The molecule has 0 saturated heterocycles. The minimum atomic E-state index is 0.00532. The van der Waals surface area contributed by atoms with Gasteiger partial charge in [0.05, 0.1) is 0 Å². The Labute approximate surface area is 186 Å². The van der Waals surface area contributed by atoms with Gasteiger partial charge in [0.1, 0.15) is 0 Å². The molecule has 5 aromatic carbocycles. The van der Waals surface area contributed by atoms with Gasteiger partial charge in [-0.2, -0.15) is 0 Å². The van der Waals surface area contributed by atoms with Crippen LogP contribution in [0.25, 0.3) is 43.4 Å². The molecule has 5 aromatic rings. The average Bonchev–Trinajstić information content (AvgIpc) is 3.05. The van der Waals surface area contributed by atoms with Gasteiger partial charge < -0.3 is 0 Å². The lowest BCUT2D eigenvalue weighted by Crippen LogP contribution is -2.15. The Morgan fingerprint density at radius 3 is 1.68 bits per heavy atom. The highest BCUT2D eigenvalue weighted by atomic mass is 14.4. The Morgan fingerprint density at radius 2 is 1.03 bits per heavy atom. The first kappa shape index (κ1) is 21.1. The molecule has 0 N–H and O–H groups in total. The molecule has 0 saturated carbocycles. The first-order valence-electron chi connectivity index (χ1n) is 11.6. The summed E-state index contributed by atoms with van der Waals surface area (Å²) in [4.78, 5) is 0. The first-order valence-corrected chi connectivity index (χ1v) is 11.6. The lowest BCUT2D eigenvalue weighted by molar-refractivity contribution is 0.667. The van der Waals surface area contributed by atoms with Crippen LogP contribution in [0.5, 0.6) is 0 Å². The highest BCUT2D eigenvalue weighted by molar-refractivity contribution is 6.04. The van der Waals surface area contributed by atoms with E-state index in [1.165, 1.54) is 54.6 Å². The summed E-state index contributed by atoms with van der Waals surface area (Å²) in [5.41, 5.74) is 5.70. The van der Waals surface area contributed by atoms with E-state index in [-0.39, 0.29) is 5.41 Å². The van der Waals surface area contributed by atoms with Crippen molar-refractivity contribution >= 4 is 32.3 Å². The van der Waals surface area contributed by atoms with Gasteiger partial charge in [-0.05, 0) is 78.8 Å². The van der Waals surface area contributed by atoms with Gasteiger partial charge in [0.2, 0.25) is 0 Å². The highest BCUT2D eigenvalue weighted by Crippen LogP contribution is 2.52. The number of benzene rings is 5. The van der Waals surface area contributed by atoms with Crippen LogP contribution in [0.1, 0.15) is 52.7 Å². The summed E-state index contributed by atoms with van der Waals surface area (Å²) in [7, 11) is 0. The summed E-state index contributed by atoms with van der Waals surface area (Å²) < 4.78 is 0. The fraction of sp³-hybridized carbons (Fsp3) is 0.226. The molecule has 0 spiro atoms. The molecular weight excluding hydrogens is 372 g/mol. The number of hydrogen-bond acceptors (Lipinski definition) is 0. The van der Waals surface area contributed by atoms with Crippen molar-refractivity contribution in [1.82, 2.24) is 0 Å². The Morgan fingerprint density at radius 1 is 0.484 bits per heavy atom. The fourth-order valence-corrected chi connectivity index (χ4v) is 5.04. The van der Waals surface area contributed by atoms with Crippen LogP contribution < -0.4 is 0 Å². The van der Waals surface area contributed by atoms with Gasteiger partial charge in [0, 0.05) is 5.41 Å². The smallest absolute Gasteiger partial charge is 0.0165 e. The van der Waals surface area contributed by atoms with Crippen molar-refractivity contribution in [2.75, 3.05) is 0 Å². The normalized spacial score (nSPS) is 13.1. The van der Waals surface area contributed by atoms with Crippen molar-refractivity contribution in [3.63, 3.8) is 0 Å². The van der Waals surface area contributed by atoms with E-state index in [1.807, 2.05) is 27.7 Å². The third kappa shape index (κ3) is 3.22. The monoisotopic (exact) mass is 404 g/mol. The van der Waals surface area contributed by atoms with Crippen LogP contribution in [0.4, 0.5) is 0 Å². The Kier molecular flexibility index (Phi) is 5.58. The lowest BCUT2D eigenvalue weighted by Gasteiger charge is -2.23. The summed E-state index contributed by atoms with van der Waals surface area (Å²) >= 11 is 0. The Balaban J connectivity index is 0.000000549. The zero-order chi connectivity index (χ0) is 22.2. The maximum atomic E-state index is 2.42. The Hall–Kier alpha value is -3.12. The van der Waals surface area contributed by atoms with Gasteiger partial charge in [0.15, 0.2) is 0 Å². The molecule has 0 unspecified atom stereocenters. The van der Waals surface area contributed by atoms with Gasteiger partial charge in [-0.3, -0.25) is 0 Å². The van der Waals surface area contributed by atoms with E-state index in [1.54, 1.807) is 0 Å². The molecule has 0 bridgehead atoms. The van der Waals surface area contributed by atoms with Crippen LogP contribution in [0, 0.1) is 0 Å². The third-order valence-corrected chi connectivity index (χ3v) is 6.36.